The lowest BCUT2D eigenvalue weighted by atomic mass is 10.1. The van der Waals surface area contributed by atoms with Crippen molar-refractivity contribution in [1.82, 2.24) is 0 Å². The molecule has 1 aliphatic rings. The molecule has 0 saturated carbocycles. The zero-order chi connectivity index (χ0) is 15.7. The average molecular weight is 298 g/mol. The average Bonchev–Trinajstić information content (AvgIpc) is 2.76. The maximum Gasteiger partial charge on any atom is 0.256 e. The van der Waals surface area contributed by atoms with Crippen molar-refractivity contribution in [3.05, 3.63) is 59.9 Å². The van der Waals surface area contributed by atoms with Crippen molar-refractivity contribution in [2.75, 3.05) is 10.2 Å². The molecule has 0 unspecified atom stereocenters. The largest absolute Gasteiger partial charge is 0.373 e. The maximum atomic E-state index is 13.3. The molecule has 1 fully saturated rings. The number of para-hydroxylation sites is 1. The Hall–Kier alpha value is -2.69. The highest BCUT2D eigenvalue weighted by Gasteiger charge is 2.39. The van der Waals surface area contributed by atoms with Crippen LogP contribution in [0.3, 0.4) is 0 Å². The fourth-order valence-corrected chi connectivity index (χ4v) is 2.55. The number of rotatable bonds is 3. The molecule has 0 bridgehead atoms. The van der Waals surface area contributed by atoms with Crippen LogP contribution in [0.2, 0.25) is 0 Å². The molecule has 112 valence electrons. The second-order valence-electron chi connectivity index (χ2n) is 5.26. The van der Waals surface area contributed by atoms with Gasteiger partial charge in [0.25, 0.3) is 5.91 Å². The molecule has 0 aliphatic carbocycles. The number of benzene rings is 2. The van der Waals surface area contributed by atoms with Gasteiger partial charge in [-0.15, -0.1) is 0 Å². The summed E-state index contributed by atoms with van der Waals surface area (Å²) in [6, 6.07) is 12.4. The first-order valence-electron chi connectivity index (χ1n) is 7.01. The standard InChI is InChI=1S/C17H15FN2O2/c1-11-5-2-3-8-14(11)19-15-10-16(21)20(17(15)22)13-7-4-6-12(18)9-13/h2-9,15,19H,10H2,1H3/t15-/m1/s1. The van der Waals surface area contributed by atoms with Gasteiger partial charge in [-0.25, -0.2) is 9.29 Å². The van der Waals surface area contributed by atoms with Crippen LogP contribution in [0.15, 0.2) is 48.5 Å². The number of hydrogen-bond acceptors (Lipinski definition) is 3. The number of halogens is 1. The molecule has 1 atom stereocenters. The van der Waals surface area contributed by atoms with Gasteiger partial charge in [0.2, 0.25) is 5.91 Å². The fraction of sp³-hybridized carbons (Fsp3) is 0.176. The molecule has 22 heavy (non-hydrogen) atoms. The Balaban J connectivity index is 1.84. The fourth-order valence-electron chi connectivity index (χ4n) is 2.55. The number of amides is 2. The number of aryl methyl sites for hydroxylation is 1. The summed E-state index contributed by atoms with van der Waals surface area (Å²) < 4.78 is 13.3. The monoisotopic (exact) mass is 298 g/mol. The predicted octanol–water partition coefficient (Wildman–Crippen LogP) is 2.88. The summed E-state index contributed by atoms with van der Waals surface area (Å²) >= 11 is 0. The molecule has 4 nitrogen and oxygen atoms in total. The molecule has 0 spiro atoms. The normalized spacial score (nSPS) is 17.9. The number of carbonyl (C=O) groups is 2. The first kappa shape index (κ1) is 14.3. The Morgan fingerprint density at radius 1 is 1.14 bits per heavy atom. The topological polar surface area (TPSA) is 49.4 Å². The third-order valence-corrected chi connectivity index (χ3v) is 3.69. The lowest BCUT2D eigenvalue weighted by molar-refractivity contribution is -0.121. The Bertz CT molecular complexity index is 745. The lowest BCUT2D eigenvalue weighted by Crippen LogP contribution is -2.35. The van der Waals surface area contributed by atoms with Crippen molar-refractivity contribution in [3.63, 3.8) is 0 Å². The molecular formula is C17H15FN2O2. The van der Waals surface area contributed by atoms with Gasteiger partial charge in [0.15, 0.2) is 0 Å². The van der Waals surface area contributed by atoms with Gasteiger partial charge >= 0.3 is 0 Å². The summed E-state index contributed by atoms with van der Waals surface area (Å²) in [7, 11) is 0. The van der Waals surface area contributed by atoms with Gasteiger partial charge in [-0.2, -0.15) is 0 Å². The predicted molar refractivity (Wildman–Crippen MR) is 82.1 cm³/mol. The first-order valence-corrected chi connectivity index (χ1v) is 7.01. The van der Waals surface area contributed by atoms with E-state index in [-0.39, 0.29) is 23.9 Å². The van der Waals surface area contributed by atoms with Crippen molar-refractivity contribution < 1.29 is 14.0 Å². The van der Waals surface area contributed by atoms with Gasteiger partial charge in [0, 0.05) is 5.69 Å². The van der Waals surface area contributed by atoms with Gasteiger partial charge in [0.05, 0.1) is 12.1 Å². The highest BCUT2D eigenvalue weighted by atomic mass is 19.1. The van der Waals surface area contributed by atoms with Crippen molar-refractivity contribution >= 4 is 23.2 Å². The van der Waals surface area contributed by atoms with Crippen molar-refractivity contribution in [1.29, 1.82) is 0 Å². The van der Waals surface area contributed by atoms with Crippen LogP contribution in [-0.4, -0.2) is 17.9 Å². The summed E-state index contributed by atoms with van der Waals surface area (Å²) in [4.78, 5) is 25.6. The van der Waals surface area contributed by atoms with E-state index in [0.717, 1.165) is 16.2 Å². The highest BCUT2D eigenvalue weighted by Crippen LogP contribution is 2.26. The van der Waals surface area contributed by atoms with Gasteiger partial charge in [-0.3, -0.25) is 9.59 Å². The summed E-state index contributed by atoms with van der Waals surface area (Å²) in [6.45, 7) is 1.92. The quantitative estimate of drug-likeness (QED) is 0.886. The SMILES string of the molecule is Cc1ccccc1N[C@@H]1CC(=O)N(c2cccc(F)c2)C1=O. The minimum absolute atomic E-state index is 0.0592. The van der Waals surface area contributed by atoms with Gasteiger partial charge < -0.3 is 5.32 Å². The smallest absolute Gasteiger partial charge is 0.256 e. The number of imide groups is 1. The zero-order valence-corrected chi connectivity index (χ0v) is 12.0. The van der Waals surface area contributed by atoms with Crippen molar-refractivity contribution in [2.24, 2.45) is 0 Å². The van der Waals surface area contributed by atoms with Gasteiger partial charge in [-0.05, 0) is 36.8 Å². The third-order valence-electron chi connectivity index (χ3n) is 3.69. The van der Waals surface area contributed by atoms with E-state index in [1.54, 1.807) is 6.07 Å². The summed E-state index contributed by atoms with van der Waals surface area (Å²) in [5.74, 6) is -1.17. The van der Waals surface area contributed by atoms with E-state index in [1.165, 1.54) is 18.2 Å². The Morgan fingerprint density at radius 3 is 2.64 bits per heavy atom. The van der Waals surface area contributed by atoms with Crippen LogP contribution in [-0.2, 0) is 9.59 Å². The molecule has 2 aromatic carbocycles. The van der Waals surface area contributed by atoms with Crippen LogP contribution in [0.25, 0.3) is 0 Å². The molecular weight excluding hydrogens is 283 g/mol. The van der Waals surface area contributed by atoms with Crippen molar-refractivity contribution in [2.45, 2.75) is 19.4 Å². The molecule has 2 amide bonds. The van der Waals surface area contributed by atoms with E-state index >= 15 is 0 Å². The summed E-state index contributed by atoms with van der Waals surface area (Å²) in [5, 5.41) is 3.10. The Kier molecular flexibility index (Phi) is 3.63. The van der Waals surface area contributed by atoms with E-state index in [9.17, 15) is 14.0 Å². The first-order chi connectivity index (χ1) is 10.6. The van der Waals surface area contributed by atoms with Gasteiger partial charge in [-0.1, -0.05) is 24.3 Å². The van der Waals surface area contributed by atoms with Crippen LogP contribution < -0.4 is 10.2 Å². The minimum Gasteiger partial charge on any atom is -0.373 e. The number of carbonyl (C=O) groups excluding carboxylic acids is 2. The molecule has 1 saturated heterocycles. The number of hydrogen-bond donors (Lipinski definition) is 1. The van der Waals surface area contributed by atoms with E-state index in [2.05, 4.69) is 5.32 Å². The summed E-state index contributed by atoms with van der Waals surface area (Å²) in [5.41, 5.74) is 2.07. The Labute approximate surface area is 127 Å². The number of nitrogens with one attached hydrogen (secondary N) is 1. The van der Waals surface area contributed by atoms with Crippen LogP contribution in [0.5, 0.6) is 0 Å². The van der Waals surface area contributed by atoms with E-state index < -0.39 is 11.9 Å². The second-order valence-corrected chi connectivity index (χ2v) is 5.26. The summed E-state index contributed by atoms with van der Waals surface area (Å²) in [6.07, 6.45) is 0.0592. The second kappa shape index (κ2) is 5.60. The molecule has 5 heteroatoms. The molecule has 0 radical (unpaired) electrons. The molecule has 1 heterocycles. The van der Waals surface area contributed by atoms with Crippen LogP contribution in [0, 0.1) is 12.7 Å². The highest BCUT2D eigenvalue weighted by molar-refractivity contribution is 6.23. The minimum atomic E-state index is -0.628. The molecule has 2 aromatic rings. The maximum absolute atomic E-state index is 13.3. The van der Waals surface area contributed by atoms with Crippen LogP contribution in [0.4, 0.5) is 15.8 Å². The third kappa shape index (κ3) is 2.57. The molecule has 1 N–H and O–H groups in total. The van der Waals surface area contributed by atoms with Crippen LogP contribution in [0.1, 0.15) is 12.0 Å². The Morgan fingerprint density at radius 2 is 1.91 bits per heavy atom. The number of anilines is 2. The molecule has 1 aliphatic heterocycles. The van der Waals surface area contributed by atoms with E-state index in [0.29, 0.717) is 0 Å². The molecule has 3 rings (SSSR count). The lowest BCUT2D eigenvalue weighted by Gasteiger charge is -2.17. The zero-order valence-electron chi connectivity index (χ0n) is 12.0. The number of nitrogens with zero attached hydrogens (tertiary/aromatic N) is 1. The van der Waals surface area contributed by atoms with Crippen LogP contribution >= 0.6 is 0 Å². The van der Waals surface area contributed by atoms with E-state index in [1.807, 2.05) is 31.2 Å². The molecule has 0 aromatic heterocycles. The van der Waals surface area contributed by atoms with Crippen molar-refractivity contribution in [3.8, 4) is 0 Å². The van der Waals surface area contributed by atoms with E-state index in [4.69, 9.17) is 0 Å². The van der Waals surface area contributed by atoms with Gasteiger partial charge in [0.1, 0.15) is 11.9 Å².